The lowest BCUT2D eigenvalue weighted by molar-refractivity contribution is -0.140. The van der Waals surface area contributed by atoms with Crippen molar-refractivity contribution in [2.75, 3.05) is 12.4 Å². The molecular weight excluding hydrogens is 334 g/mol. The van der Waals surface area contributed by atoms with Crippen LogP contribution in [0.5, 0.6) is 0 Å². The molecule has 0 fully saturated rings. The highest BCUT2D eigenvalue weighted by atomic mass is 16.5. The number of esters is 2. The molecule has 6 nitrogen and oxygen atoms in total. The SMILES string of the molecule is COC(=O)CCCC(O)Nc1ccccc1C(=O)OCc1ccccc1. The van der Waals surface area contributed by atoms with E-state index < -0.39 is 12.2 Å². The lowest BCUT2D eigenvalue weighted by atomic mass is 10.1. The number of para-hydroxylation sites is 1. The Kier molecular flexibility index (Phi) is 7.64. The minimum atomic E-state index is -0.886. The van der Waals surface area contributed by atoms with E-state index >= 15 is 0 Å². The van der Waals surface area contributed by atoms with E-state index in [0.717, 1.165) is 5.56 Å². The van der Waals surface area contributed by atoms with E-state index in [-0.39, 0.29) is 19.0 Å². The molecule has 0 spiro atoms. The Hall–Kier alpha value is -2.86. The van der Waals surface area contributed by atoms with Crippen LogP contribution in [0.4, 0.5) is 5.69 Å². The average Bonchev–Trinajstić information content (AvgIpc) is 2.67. The summed E-state index contributed by atoms with van der Waals surface area (Å²) < 4.78 is 9.90. The second-order valence-electron chi connectivity index (χ2n) is 5.74. The fraction of sp³-hybridized carbons (Fsp3) is 0.300. The van der Waals surface area contributed by atoms with Gasteiger partial charge in [-0.1, -0.05) is 42.5 Å². The highest BCUT2D eigenvalue weighted by Gasteiger charge is 2.15. The van der Waals surface area contributed by atoms with Crippen molar-refractivity contribution in [1.82, 2.24) is 0 Å². The summed E-state index contributed by atoms with van der Waals surface area (Å²) in [7, 11) is 1.33. The molecule has 0 radical (unpaired) electrons. The molecule has 0 bridgehead atoms. The van der Waals surface area contributed by atoms with Crippen LogP contribution in [0.25, 0.3) is 0 Å². The van der Waals surface area contributed by atoms with E-state index in [9.17, 15) is 14.7 Å². The van der Waals surface area contributed by atoms with Crippen molar-refractivity contribution >= 4 is 17.6 Å². The molecule has 138 valence electrons. The minimum Gasteiger partial charge on any atom is -0.469 e. The number of hydrogen-bond donors (Lipinski definition) is 2. The molecule has 0 aliphatic heterocycles. The number of carbonyl (C=O) groups excluding carboxylic acids is 2. The van der Waals surface area contributed by atoms with Crippen molar-refractivity contribution in [2.24, 2.45) is 0 Å². The number of aliphatic hydroxyl groups is 1. The van der Waals surface area contributed by atoms with Gasteiger partial charge in [-0.25, -0.2) is 4.79 Å². The topological polar surface area (TPSA) is 84.9 Å². The van der Waals surface area contributed by atoms with Crippen LogP contribution < -0.4 is 5.32 Å². The Morgan fingerprint density at radius 2 is 1.77 bits per heavy atom. The number of aliphatic hydroxyl groups excluding tert-OH is 1. The van der Waals surface area contributed by atoms with Crippen molar-refractivity contribution < 1.29 is 24.2 Å². The first-order valence-electron chi connectivity index (χ1n) is 8.41. The molecule has 26 heavy (non-hydrogen) atoms. The third-order valence-electron chi connectivity index (χ3n) is 3.77. The molecule has 0 heterocycles. The lowest BCUT2D eigenvalue weighted by Gasteiger charge is -2.16. The molecule has 0 saturated carbocycles. The summed E-state index contributed by atoms with van der Waals surface area (Å²) in [5, 5.41) is 13.0. The first-order chi connectivity index (χ1) is 12.6. The maximum atomic E-state index is 12.4. The molecule has 0 aromatic heterocycles. The number of rotatable bonds is 9. The minimum absolute atomic E-state index is 0.176. The summed E-state index contributed by atoms with van der Waals surface area (Å²) in [6, 6.07) is 16.2. The van der Waals surface area contributed by atoms with Crippen molar-refractivity contribution in [3.05, 3.63) is 65.7 Å². The zero-order valence-electron chi connectivity index (χ0n) is 14.7. The van der Waals surface area contributed by atoms with Crippen LogP contribution in [0, 0.1) is 0 Å². The number of nitrogens with one attached hydrogen (secondary N) is 1. The van der Waals surface area contributed by atoms with Gasteiger partial charge in [0.2, 0.25) is 0 Å². The van der Waals surface area contributed by atoms with Crippen molar-refractivity contribution in [2.45, 2.75) is 32.1 Å². The zero-order chi connectivity index (χ0) is 18.8. The molecule has 2 aromatic rings. The largest absolute Gasteiger partial charge is 0.469 e. The molecule has 2 rings (SSSR count). The fourth-order valence-electron chi connectivity index (χ4n) is 2.38. The fourth-order valence-corrected chi connectivity index (χ4v) is 2.38. The molecule has 6 heteroatoms. The van der Waals surface area contributed by atoms with Gasteiger partial charge in [-0.2, -0.15) is 0 Å². The highest BCUT2D eigenvalue weighted by molar-refractivity contribution is 5.95. The Bertz CT molecular complexity index is 717. The molecular formula is C20H23NO5. The second-order valence-corrected chi connectivity index (χ2v) is 5.74. The van der Waals surface area contributed by atoms with Crippen LogP contribution in [0.2, 0.25) is 0 Å². The van der Waals surface area contributed by atoms with Crippen LogP contribution in [-0.2, 0) is 20.9 Å². The van der Waals surface area contributed by atoms with Gasteiger partial charge >= 0.3 is 11.9 Å². The monoisotopic (exact) mass is 357 g/mol. The standard InChI is InChI=1S/C20H23NO5/c1-25-19(23)13-7-12-18(22)21-17-11-6-5-10-16(17)20(24)26-14-15-8-3-2-4-9-15/h2-6,8-11,18,21-22H,7,12-14H2,1H3. The molecule has 0 aliphatic carbocycles. The van der Waals surface area contributed by atoms with Crippen molar-refractivity contribution in [3.8, 4) is 0 Å². The molecule has 0 saturated heterocycles. The summed E-state index contributed by atoms with van der Waals surface area (Å²) >= 11 is 0. The quantitative estimate of drug-likeness (QED) is 0.530. The zero-order valence-corrected chi connectivity index (χ0v) is 14.7. The summed E-state index contributed by atoms with van der Waals surface area (Å²) in [5.74, 6) is -0.791. The van der Waals surface area contributed by atoms with Crippen LogP contribution in [0.3, 0.4) is 0 Å². The normalized spacial score (nSPS) is 11.5. The van der Waals surface area contributed by atoms with Gasteiger partial charge in [0.15, 0.2) is 0 Å². The number of carbonyl (C=O) groups is 2. The number of anilines is 1. The Balaban J connectivity index is 1.91. The maximum absolute atomic E-state index is 12.4. The predicted molar refractivity (Wildman–Crippen MR) is 97.5 cm³/mol. The Morgan fingerprint density at radius 3 is 2.50 bits per heavy atom. The number of hydrogen-bond acceptors (Lipinski definition) is 6. The van der Waals surface area contributed by atoms with Gasteiger partial charge in [0.1, 0.15) is 12.8 Å². The van der Waals surface area contributed by atoms with Gasteiger partial charge in [0.25, 0.3) is 0 Å². The van der Waals surface area contributed by atoms with Gasteiger partial charge < -0.3 is 19.9 Å². The van der Waals surface area contributed by atoms with E-state index in [1.165, 1.54) is 7.11 Å². The molecule has 1 unspecified atom stereocenters. The van der Waals surface area contributed by atoms with E-state index in [2.05, 4.69) is 10.1 Å². The van der Waals surface area contributed by atoms with Crippen LogP contribution in [-0.4, -0.2) is 30.4 Å². The second kappa shape index (κ2) is 10.2. The van der Waals surface area contributed by atoms with Crippen LogP contribution in [0.1, 0.15) is 35.2 Å². The lowest BCUT2D eigenvalue weighted by Crippen LogP contribution is -2.21. The van der Waals surface area contributed by atoms with E-state index in [4.69, 9.17) is 4.74 Å². The van der Waals surface area contributed by atoms with E-state index in [1.807, 2.05) is 30.3 Å². The van der Waals surface area contributed by atoms with Crippen LogP contribution in [0.15, 0.2) is 54.6 Å². The van der Waals surface area contributed by atoms with Gasteiger partial charge in [-0.15, -0.1) is 0 Å². The average molecular weight is 357 g/mol. The third kappa shape index (κ3) is 6.22. The van der Waals surface area contributed by atoms with Gasteiger partial charge in [-0.05, 0) is 30.5 Å². The first kappa shape index (κ1) is 19.5. The first-order valence-corrected chi connectivity index (χ1v) is 8.41. The third-order valence-corrected chi connectivity index (χ3v) is 3.77. The number of methoxy groups -OCH3 is 1. The van der Waals surface area contributed by atoms with Crippen molar-refractivity contribution in [1.29, 1.82) is 0 Å². The summed E-state index contributed by atoms with van der Waals surface area (Å²) in [6.07, 6.45) is 0.169. The number of benzene rings is 2. The number of ether oxygens (including phenoxy) is 2. The molecule has 2 N–H and O–H groups in total. The highest BCUT2D eigenvalue weighted by Crippen LogP contribution is 2.19. The Morgan fingerprint density at radius 1 is 1.08 bits per heavy atom. The van der Waals surface area contributed by atoms with E-state index in [0.29, 0.717) is 24.1 Å². The predicted octanol–water partition coefficient (Wildman–Crippen LogP) is 3.12. The molecule has 1 atom stereocenters. The molecule has 0 amide bonds. The smallest absolute Gasteiger partial charge is 0.340 e. The summed E-state index contributed by atoms with van der Waals surface area (Å²) in [6.45, 7) is 0.176. The van der Waals surface area contributed by atoms with Gasteiger partial charge in [0, 0.05) is 6.42 Å². The van der Waals surface area contributed by atoms with Crippen molar-refractivity contribution in [3.63, 3.8) is 0 Å². The Labute approximate surface area is 152 Å². The summed E-state index contributed by atoms with van der Waals surface area (Å²) in [5.41, 5.74) is 1.72. The molecule has 0 aliphatic rings. The van der Waals surface area contributed by atoms with Gasteiger partial charge in [-0.3, -0.25) is 4.79 Å². The van der Waals surface area contributed by atoms with E-state index in [1.54, 1.807) is 24.3 Å². The summed E-state index contributed by atoms with van der Waals surface area (Å²) in [4.78, 5) is 23.5. The maximum Gasteiger partial charge on any atom is 0.340 e. The van der Waals surface area contributed by atoms with Gasteiger partial charge in [0.05, 0.1) is 18.4 Å². The molecule has 2 aromatic carbocycles. The van der Waals surface area contributed by atoms with Crippen LogP contribution >= 0.6 is 0 Å².